The van der Waals surface area contributed by atoms with Gasteiger partial charge in [0.15, 0.2) is 6.61 Å². The van der Waals surface area contributed by atoms with Crippen LogP contribution < -0.4 is 10.1 Å². The SMILES string of the molecule is CCNC(=O)[C@@H](CC)N(Cc1ccccc1C)C(=O)COc1ccc(C(C)C)cc1Br. The molecule has 0 saturated carbocycles. The van der Waals surface area contributed by atoms with Gasteiger partial charge in [0.05, 0.1) is 4.47 Å². The number of nitrogens with zero attached hydrogens (tertiary/aromatic N) is 1. The normalized spacial score (nSPS) is 11.8. The Morgan fingerprint density at radius 1 is 1.13 bits per heavy atom. The molecule has 2 rings (SSSR count). The number of halogens is 1. The number of ether oxygens (including phenoxy) is 1. The minimum absolute atomic E-state index is 0.137. The van der Waals surface area contributed by atoms with Gasteiger partial charge in [-0.2, -0.15) is 0 Å². The second-order valence-electron chi connectivity index (χ2n) is 7.90. The van der Waals surface area contributed by atoms with Crippen molar-refractivity contribution >= 4 is 27.7 Å². The fraction of sp³-hybridized carbons (Fsp3) is 0.440. The van der Waals surface area contributed by atoms with E-state index in [2.05, 4.69) is 35.1 Å². The molecule has 0 heterocycles. The number of carbonyl (C=O) groups is 2. The summed E-state index contributed by atoms with van der Waals surface area (Å²) in [5.74, 6) is 0.647. The Hall–Kier alpha value is -2.34. The molecule has 31 heavy (non-hydrogen) atoms. The lowest BCUT2D eigenvalue weighted by Gasteiger charge is -2.31. The zero-order valence-electron chi connectivity index (χ0n) is 19.1. The van der Waals surface area contributed by atoms with Crippen LogP contribution in [0.1, 0.15) is 56.7 Å². The summed E-state index contributed by atoms with van der Waals surface area (Å²) in [6.45, 7) is 10.8. The molecule has 5 nitrogen and oxygen atoms in total. The average Bonchev–Trinajstić information content (AvgIpc) is 2.73. The Bertz CT molecular complexity index is 898. The van der Waals surface area contributed by atoms with E-state index in [9.17, 15) is 9.59 Å². The van der Waals surface area contributed by atoms with Crippen LogP contribution in [-0.4, -0.2) is 35.9 Å². The van der Waals surface area contributed by atoms with Crippen molar-refractivity contribution in [2.24, 2.45) is 0 Å². The number of hydrogen-bond donors (Lipinski definition) is 1. The molecule has 0 aromatic heterocycles. The molecule has 0 radical (unpaired) electrons. The van der Waals surface area contributed by atoms with Gasteiger partial charge in [0.25, 0.3) is 5.91 Å². The highest BCUT2D eigenvalue weighted by Gasteiger charge is 2.29. The van der Waals surface area contributed by atoms with Gasteiger partial charge in [-0.05, 0) is 70.9 Å². The molecule has 6 heteroatoms. The first kappa shape index (κ1) is 24.9. The number of amides is 2. The molecular weight excluding hydrogens is 456 g/mol. The third kappa shape index (κ3) is 6.82. The minimum Gasteiger partial charge on any atom is -0.483 e. The van der Waals surface area contributed by atoms with Crippen molar-refractivity contribution in [1.29, 1.82) is 0 Å². The largest absolute Gasteiger partial charge is 0.483 e. The lowest BCUT2D eigenvalue weighted by molar-refractivity contribution is -0.142. The number of rotatable bonds is 10. The lowest BCUT2D eigenvalue weighted by atomic mass is 10.0. The highest BCUT2D eigenvalue weighted by Crippen LogP contribution is 2.29. The molecule has 0 aliphatic carbocycles. The van der Waals surface area contributed by atoms with Gasteiger partial charge in [-0.3, -0.25) is 9.59 Å². The summed E-state index contributed by atoms with van der Waals surface area (Å²) in [5.41, 5.74) is 3.29. The fourth-order valence-electron chi connectivity index (χ4n) is 3.40. The zero-order valence-corrected chi connectivity index (χ0v) is 20.7. The van der Waals surface area contributed by atoms with Crippen LogP contribution in [0.4, 0.5) is 0 Å². The second-order valence-corrected chi connectivity index (χ2v) is 8.75. The predicted octanol–water partition coefficient (Wildman–Crippen LogP) is 5.20. The molecule has 2 aromatic carbocycles. The van der Waals surface area contributed by atoms with E-state index < -0.39 is 6.04 Å². The first-order valence-corrected chi connectivity index (χ1v) is 11.6. The smallest absolute Gasteiger partial charge is 0.261 e. The molecule has 0 spiro atoms. The van der Waals surface area contributed by atoms with Crippen LogP contribution in [0.15, 0.2) is 46.9 Å². The van der Waals surface area contributed by atoms with Crippen molar-refractivity contribution in [2.45, 2.75) is 59.5 Å². The van der Waals surface area contributed by atoms with Crippen molar-refractivity contribution in [1.82, 2.24) is 10.2 Å². The van der Waals surface area contributed by atoms with Crippen molar-refractivity contribution < 1.29 is 14.3 Å². The van der Waals surface area contributed by atoms with Crippen molar-refractivity contribution in [3.63, 3.8) is 0 Å². The second kappa shape index (κ2) is 11.9. The van der Waals surface area contributed by atoms with Crippen LogP contribution in [0.5, 0.6) is 5.75 Å². The fourth-order valence-corrected chi connectivity index (χ4v) is 3.91. The van der Waals surface area contributed by atoms with Crippen LogP contribution >= 0.6 is 15.9 Å². The van der Waals surface area contributed by atoms with Gasteiger partial charge >= 0.3 is 0 Å². The van der Waals surface area contributed by atoms with E-state index >= 15 is 0 Å². The van der Waals surface area contributed by atoms with Gasteiger partial charge in [-0.15, -0.1) is 0 Å². The number of carbonyl (C=O) groups excluding carboxylic acids is 2. The van der Waals surface area contributed by atoms with Gasteiger partial charge in [0.1, 0.15) is 11.8 Å². The summed E-state index contributed by atoms with van der Waals surface area (Å²) in [6.07, 6.45) is 0.524. The van der Waals surface area contributed by atoms with Gasteiger partial charge < -0.3 is 15.0 Å². The highest BCUT2D eigenvalue weighted by molar-refractivity contribution is 9.10. The molecule has 1 N–H and O–H groups in total. The van der Waals surface area contributed by atoms with Gasteiger partial charge in [0, 0.05) is 13.1 Å². The van der Waals surface area contributed by atoms with Crippen molar-refractivity contribution in [3.05, 3.63) is 63.6 Å². The van der Waals surface area contributed by atoms with Gasteiger partial charge in [0.2, 0.25) is 5.91 Å². The summed E-state index contributed by atoms with van der Waals surface area (Å²) in [4.78, 5) is 27.5. The molecule has 2 amide bonds. The number of aryl methyl sites for hydroxylation is 1. The van der Waals surface area contributed by atoms with Crippen LogP contribution in [0.2, 0.25) is 0 Å². The van der Waals surface area contributed by atoms with E-state index in [1.165, 1.54) is 5.56 Å². The maximum Gasteiger partial charge on any atom is 0.261 e. The quantitative estimate of drug-likeness (QED) is 0.499. The number of likely N-dealkylation sites (N-methyl/N-ethyl adjacent to an activating group) is 1. The molecule has 0 aliphatic heterocycles. The Labute approximate surface area is 194 Å². The molecular formula is C25H33BrN2O3. The number of benzene rings is 2. The number of nitrogens with one attached hydrogen (secondary N) is 1. The van der Waals surface area contributed by atoms with E-state index in [-0.39, 0.29) is 18.4 Å². The average molecular weight is 489 g/mol. The summed E-state index contributed by atoms with van der Waals surface area (Å²) in [7, 11) is 0. The Balaban J connectivity index is 2.23. The topological polar surface area (TPSA) is 58.6 Å². The van der Waals surface area contributed by atoms with E-state index in [0.717, 1.165) is 15.6 Å². The van der Waals surface area contributed by atoms with Crippen LogP contribution in [0, 0.1) is 6.92 Å². The summed E-state index contributed by atoms with van der Waals surface area (Å²) in [6, 6.07) is 13.2. The van der Waals surface area contributed by atoms with Crippen molar-refractivity contribution in [2.75, 3.05) is 13.2 Å². The molecule has 1 atom stereocenters. The Morgan fingerprint density at radius 2 is 1.84 bits per heavy atom. The van der Waals surface area contributed by atoms with Gasteiger partial charge in [-0.25, -0.2) is 0 Å². The summed E-state index contributed by atoms with van der Waals surface area (Å²) in [5, 5.41) is 2.85. The third-order valence-corrected chi connectivity index (χ3v) is 5.93. The molecule has 0 unspecified atom stereocenters. The summed E-state index contributed by atoms with van der Waals surface area (Å²) >= 11 is 3.54. The van der Waals surface area contributed by atoms with Crippen LogP contribution in [0.25, 0.3) is 0 Å². The molecule has 2 aromatic rings. The Morgan fingerprint density at radius 3 is 2.42 bits per heavy atom. The maximum atomic E-state index is 13.2. The third-order valence-electron chi connectivity index (χ3n) is 5.31. The molecule has 0 saturated heterocycles. The predicted molar refractivity (Wildman–Crippen MR) is 128 cm³/mol. The van der Waals surface area contributed by atoms with Crippen LogP contribution in [-0.2, 0) is 16.1 Å². The molecule has 0 aliphatic rings. The van der Waals surface area contributed by atoms with E-state index in [4.69, 9.17) is 4.74 Å². The van der Waals surface area contributed by atoms with Gasteiger partial charge in [-0.1, -0.05) is 51.1 Å². The van der Waals surface area contributed by atoms with E-state index in [0.29, 0.717) is 31.2 Å². The molecule has 168 valence electrons. The van der Waals surface area contributed by atoms with E-state index in [1.807, 2.05) is 63.2 Å². The molecule has 0 bridgehead atoms. The first-order valence-electron chi connectivity index (χ1n) is 10.8. The first-order chi connectivity index (χ1) is 14.8. The summed E-state index contributed by atoms with van der Waals surface area (Å²) < 4.78 is 6.66. The maximum absolute atomic E-state index is 13.2. The Kier molecular flexibility index (Phi) is 9.56. The monoisotopic (exact) mass is 488 g/mol. The van der Waals surface area contributed by atoms with Crippen LogP contribution in [0.3, 0.4) is 0 Å². The van der Waals surface area contributed by atoms with E-state index in [1.54, 1.807) is 4.90 Å². The minimum atomic E-state index is -0.553. The highest BCUT2D eigenvalue weighted by atomic mass is 79.9. The van der Waals surface area contributed by atoms with Crippen molar-refractivity contribution in [3.8, 4) is 5.75 Å². The standard InChI is InChI=1S/C25H33BrN2O3/c1-6-22(25(30)27-7-2)28(15-20-11-9-8-10-18(20)5)24(29)16-31-23-13-12-19(17(3)4)14-21(23)26/h8-14,17,22H,6-7,15-16H2,1-5H3,(H,27,30)/t22-/m1/s1. The molecule has 0 fully saturated rings. The number of hydrogen-bond acceptors (Lipinski definition) is 3. The lowest BCUT2D eigenvalue weighted by Crippen LogP contribution is -2.50. The zero-order chi connectivity index (χ0) is 23.0.